The molecule has 1 aliphatic rings. The highest BCUT2D eigenvalue weighted by molar-refractivity contribution is 7.89. The number of aryl methyl sites for hydroxylation is 2. The zero-order valence-electron chi connectivity index (χ0n) is 18.8. The molecule has 1 aliphatic heterocycles. The standard InChI is InChI=1S/C24H32N2O5S/c1-30-21-10-7-19(8-11-21)6-5-15-25-24(27)14-9-20-18-22(12-13-23(20)31-2)32(28,29)26-16-3-4-17-26/h7-8,10-13,18H,3-6,9,14-17H2,1-2H3,(H,25,27). The van der Waals surface area contributed by atoms with Crippen LogP contribution in [-0.2, 0) is 27.7 Å². The number of carbonyl (C=O) groups excluding carboxylic acids is 1. The molecular weight excluding hydrogens is 428 g/mol. The van der Waals surface area contributed by atoms with Gasteiger partial charge in [0.1, 0.15) is 11.5 Å². The van der Waals surface area contributed by atoms with Crippen molar-refractivity contribution in [3.63, 3.8) is 0 Å². The largest absolute Gasteiger partial charge is 0.497 e. The number of amides is 1. The summed E-state index contributed by atoms with van der Waals surface area (Å²) in [5.74, 6) is 1.36. The lowest BCUT2D eigenvalue weighted by Crippen LogP contribution is -2.28. The molecule has 0 saturated carbocycles. The van der Waals surface area contributed by atoms with Gasteiger partial charge in [0.25, 0.3) is 0 Å². The molecule has 0 radical (unpaired) electrons. The summed E-state index contributed by atoms with van der Waals surface area (Å²) in [7, 11) is -0.314. The van der Waals surface area contributed by atoms with Gasteiger partial charge in [0.2, 0.25) is 15.9 Å². The fraction of sp³-hybridized carbons (Fsp3) is 0.458. The van der Waals surface area contributed by atoms with Crippen LogP contribution < -0.4 is 14.8 Å². The van der Waals surface area contributed by atoms with Crippen LogP contribution in [0, 0.1) is 0 Å². The van der Waals surface area contributed by atoms with Crippen LogP contribution in [0.2, 0.25) is 0 Å². The lowest BCUT2D eigenvalue weighted by molar-refractivity contribution is -0.121. The third-order valence-electron chi connectivity index (χ3n) is 5.70. The van der Waals surface area contributed by atoms with Gasteiger partial charge < -0.3 is 14.8 Å². The van der Waals surface area contributed by atoms with E-state index in [1.807, 2.05) is 24.3 Å². The van der Waals surface area contributed by atoms with Gasteiger partial charge in [-0.2, -0.15) is 4.31 Å². The Bertz CT molecular complexity index is 1000. The molecule has 0 aromatic heterocycles. The zero-order chi connectivity index (χ0) is 23.0. The minimum Gasteiger partial charge on any atom is -0.497 e. The van der Waals surface area contributed by atoms with E-state index in [-0.39, 0.29) is 17.2 Å². The van der Waals surface area contributed by atoms with Crippen LogP contribution in [-0.4, -0.2) is 52.5 Å². The van der Waals surface area contributed by atoms with Crippen LogP contribution in [0.4, 0.5) is 0 Å². The first-order chi connectivity index (χ1) is 15.4. The summed E-state index contributed by atoms with van der Waals surface area (Å²) in [5, 5.41) is 2.94. The molecule has 0 bridgehead atoms. The molecule has 3 rings (SSSR count). The molecule has 0 aliphatic carbocycles. The van der Waals surface area contributed by atoms with Gasteiger partial charge in [0.05, 0.1) is 19.1 Å². The quantitative estimate of drug-likeness (QED) is 0.521. The number of hydrogen-bond donors (Lipinski definition) is 1. The number of nitrogens with one attached hydrogen (secondary N) is 1. The molecule has 0 spiro atoms. The van der Waals surface area contributed by atoms with Gasteiger partial charge in [0, 0.05) is 26.1 Å². The van der Waals surface area contributed by atoms with Gasteiger partial charge in [0.15, 0.2) is 0 Å². The predicted octanol–water partition coefficient (Wildman–Crippen LogP) is 3.17. The summed E-state index contributed by atoms with van der Waals surface area (Å²) >= 11 is 0. The third kappa shape index (κ3) is 6.23. The van der Waals surface area contributed by atoms with Gasteiger partial charge >= 0.3 is 0 Å². The van der Waals surface area contributed by atoms with Crippen LogP contribution in [0.3, 0.4) is 0 Å². The molecule has 0 unspecified atom stereocenters. The van der Waals surface area contributed by atoms with Crippen molar-refractivity contribution in [2.75, 3.05) is 33.9 Å². The highest BCUT2D eigenvalue weighted by Gasteiger charge is 2.27. The summed E-state index contributed by atoms with van der Waals surface area (Å²) in [4.78, 5) is 12.6. The second-order valence-corrected chi connectivity index (χ2v) is 9.82. The van der Waals surface area contributed by atoms with E-state index in [0.29, 0.717) is 31.8 Å². The van der Waals surface area contributed by atoms with Crippen LogP contribution in [0.5, 0.6) is 11.5 Å². The Labute approximate surface area is 190 Å². The first-order valence-electron chi connectivity index (χ1n) is 11.0. The Morgan fingerprint density at radius 2 is 1.72 bits per heavy atom. The number of ether oxygens (including phenoxy) is 2. The minimum atomic E-state index is -3.50. The van der Waals surface area contributed by atoms with Crippen molar-refractivity contribution >= 4 is 15.9 Å². The number of rotatable bonds is 11. The molecule has 2 aromatic rings. The van der Waals surface area contributed by atoms with Crippen molar-refractivity contribution in [3.05, 3.63) is 53.6 Å². The summed E-state index contributed by atoms with van der Waals surface area (Å²) < 4.78 is 37.8. The number of hydrogen-bond acceptors (Lipinski definition) is 5. The van der Waals surface area contributed by atoms with Gasteiger partial charge in [-0.3, -0.25) is 4.79 Å². The third-order valence-corrected chi connectivity index (χ3v) is 7.59. The maximum Gasteiger partial charge on any atom is 0.243 e. The number of nitrogens with zero attached hydrogens (tertiary/aromatic N) is 1. The fourth-order valence-corrected chi connectivity index (χ4v) is 5.41. The number of carbonyl (C=O) groups is 1. The Morgan fingerprint density at radius 1 is 1.00 bits per heavy atom. The molecule has 0 atom stereocenters. The average molecular weight is 461 g/mol. The van der Waals surface area contributed by atoms with Crippen LogP contribution >= 0.6 is 0 Å². The average Bonchev–Trinajstić information content (AvgIpc) is 3.36. The van der Waals surface area contributed by atoms with Gasteiger partial charge in [-0.15, -0.1) is 0 Å². The minimum absolute atomic E-state index is 0.0606. The summed E-state index contributed by atoms with van der Waals surface area (Å²) in [6, 6.07) is 12.8. The first kappa shape index (κ1) is 24.1. The fourth-order valence-electron chi connectivity index (χ4n) is 3.84. The van der Waals surface area contributed by atoms with Crippen molar-refractivity contribution in [2.45, 2.75) is 43.4 Å². The Balaban J connectivity index is 1.50. The summed E-state index contributed by atoms with van der Waals surface area (Å²) in [6.45, 7) is 1.70. The lowest BCUT2D eigenvalue weighted by atomic mass is 10.1. The van der Waals surface area contributed by atoms with Crippen molar-refractivity contribution in [2.24, 2.45) is 0 Å². The molecule has 32 heavy (non-hydrogen) atoms. The van der Waals surface area contributed by atoms with Crippen LogP contribution in [0.15, 0.2) is 47.4 Å². The van der Waals surface area contributed by atoms with E-state index in [2.05, 4.69) is 5.32 Å². The topological polar surface area (TPSA) is 84.9 Å². The monoisotopic (exact) mass is 460 g/mol. The van der Waals surface area contributed by atoms with Gasteiger partial charge in [-0.05, 0) is 73.6 Å². The molecular formula is C24H32N2O5S. The van der Waals surface area contributed by atoms with Gasteiger partial charge in [-0.1, -0.05) is 12.1 Å². The Hall–Kier alpha value is -2.58. The zero-order valence-corrected chi connectivity index (χ0v) is 19.6. The second kappa shape index (κ2) is 11.3. The molecule has 1 saturated heterocycles. The predicted molar refractivity (Wildman–Crippen MR) is 124 cm³/mol. The van der Waals surface area contributed by atoms with E-state index in [9.17, 15) is 13.2 Å². The molecule has 174 valence electrons. The number of benzene rings is 2. The van der Waals surface area contributed by atoms with E-state index >= 15 is 0 Å². The lowest BCUT2D eigenvalue weighted by Gasteiger charge is -2.17. The second-order valence-electron chi connectivity index (χ2n) is 7.89. The van der Waals surface area contributed by atoms with Crippen LogP contribution in [0.1, 0.15) is 36.8 Å². The molecule has 1 N–H and O–H groups in total. The molecule has 1 amide bonds. The smallest absolute Gasteiger partial charge is 0.243 e. The highest BCUT2D eigenvalue weighted by atomic mass is 32.2. The summed E-state index contributed by atoms with van der Waals surface area (Å²) in [6.07, 6.45) is 4.17. The maximum atomic E-state index is 12.9. The Morgan fingerprint density at radius 3 is 2.38 bits per heavy atom. The molecule has 7 nitrogen and oxygen atoms in total. The number of methoxy groups -OCH3 is 2. The maximum absolute atomic E-state index is 12.9. The first-order valence-corrected chi connectivity index (χ1v) is 12.4. The highest BCUT2D eigenvalue weighted by Crippen LogP contribution is 2.27. The SMILES string of the molecule is COc1ccc(CCCNC(=O)CCc2cc(S(=O)(=O)N3CCCC3)ccc2OC)cc1. The van der Waals surface area contributed by atoms with E-state index in [0.717, 1.165) is 37.0 Å². The van der Waals surface area contributed by atoms with Gasteiger partial charge in [-0.25, -0.2) is 8.42 Å². The van der Waals surface area contributed by atoms with E-state index < -0.39 is 10.0 Å². The van der Waals surface area contributed by atoms with Crippen molar-refractivity contribution in [1.82, 2.24) is 9.62 Å². The van der Waals surface area contributed by atoms with E-state index in [4.69, 9.17) is 9.47 Å². The molecule has 1 heterocycles. The van der Waals surface area contributed by atoms with Crippen molar-refractivity contribution < 1.29 is 22.7 Å². The molecule has 2 aromatic carbocycles. The number of sulfonamides is 1. The van der Waals surface area contributed by atoms with Crippen LogP contribution in [0.25, 0.3) is 0 Å². The van der Waals surface area contributed by atoms with E-state index in [1.165, 1.54) is 9.87 Å². The molecule has 8 heteroatoms. The normalized spacial score (nSPS) is 14.3. The molecule has 1 fully saturated rings. The van der Waals surface area contributed by atoms with Crippen molar-refractivity contribution in [1.29, 1.82) is 0 Å². The summed E-state index contributed by atoms with van der Waals surface area (Å²) in [5.41, 5.74) is 1.92. The van der Waals surface area contributed by atoms with E-state index in [1.54, 1.807) is 32.4 Å². The Kier molecular flexibility index (Phi) is 8.53. The van der Waals surface area contributed by atoms with Crippen molar-refractivity contribution in [3.8, 4) is 11.5 Å².